The Bertz CT molecular complexity index is 329. The maximum Gasteiger partial charge on any atom is 0.310 e. The van der Waals surface area contributed by atoms with Gasteiger partial charge in [-0.2, -0.15) is 0 Å². The molecule has 108 valence electrons. The van der Waals surface area contributed by atoms with Gasteiger partial charge in [0, 0.05) is 6.54 Å². The molecule has 2 aliphatic heterocycles. The summed E-state index contributed by atoms with van der Waals surface area (Å²) in [5.74, 6) is -3.81. The standard InChI is InChI=1S/C8H10O5.C5H11N/c9-7(10)5-3-1-2-4(13-3)6(5)8(11)12;1-4-5-6(2)3/h3-6H,1-2H2,(H,9,10)(H,11,12);4H,1,5H2,2-3H3. The second kappa shape index (κ2) is 6.68. The number of carboxylic acids is 2. The summed E-state index contributed by atoms with van der Waals surface area (Å²) >= 11 is 0. The highest BCUT2D eigenvalue weighted by Gasteiger charge is 2.55. The maximum atomic E-state index is 10.8. The highest BCUT2D eigenvalue weighted by atomic mass is 16.5. The van der Waals surface area contributed by atoms with Gasteiger partial charge in [0.25, 0.3) is 0 Å². The summed E-state index contributed by atoms with van der Waals surface area (Å²) in [6.45, 7) is 4.53. The lowest BCUT2D eigenvalue weighted by atomic mass is 9.79. The van der Waals surface area contributed by atoms with Crippen molar-refractivity contribution in [1.29, 1.82) is 0 Å². The first kappa shape index (κ1) is 15.7. The summed E-state index contributed by atoms with van der Waals surface area (Å²) in [6, 6.07) is 0. The van der Waals surface area contributed by atoms with Crippen LogP contribution in [-0.4, -0.2) is 59.9 Å². The molecule has 2 fully saturated rings. The van der Waals surface area contributed by atoms with E-state index in [1.165, 1.54) is 0 Å². The van der Waals surface area contributed by atoms with Crippen LogP contribution in [0.25, 0.3) is 0 Å². The van der Waals surface area contributed by atoms with Gasteiger partial charge < -0.3 is 19.8 Å². The van der Waals surface area contributed by atoms with E-state index in [9.17, 15) is 9.59 Å². The zero-order chi connectivity index (χ0) is 14.6. The van der Waals surface area contributed by atoms with Gasteiger partial charge >= 0.3 is 11.9 Å². The molecule has 0 saturated carbocycles. The molecule has 2 aliphatic rings. The van der Waals surface area contributed by atoms with E-state index in [-0.39, 0.29) is 12.2 Å². The first-order valence-electron chi connectivity index (χ1n) is 6.25. The Morgan fingerprint density at radius 2 is 1.63 bits per heavy atom. The van der Waals surface area contributed by atoms with Crippen LogP contribution in [0.5, 0.6) is 0 Å². The quantitative estimate of drug-likeness (QED) is 0.731. The smallest absolute Gasteiger partial charge is 0.310 e. The van der Waals surface area contributed by atoms with E-state index < -0.39 is 23.8 Å². The Kier molecular flexibility index (Phi) is 5.50. The van der Waals surface area contributed by atoms with Crippen molar-refractivity contribution in [2.45, 2.75) is 25.0 Å². The molecule has 2 rings (SSSR count). The van der Waals surface area contributed by atoms with Gasteiger partial charge in [0.2, 0.25) is 0 Å². The zero-order valence-electron chi connectivity index (χ0n) is 11.3. The van der Waals surface area contributed by atoms with Crippen molar-refractivity contribution in [3.8, 4) is 0 Å². The van der Waals surface area contributed by atoms with Crippen LogP contribution >= 0.6 is 0 Å². The average Bonchev–Trinajstić information content (AvgIpc) is 2.88. The van der Waals surface area contributed by atoms with Crippen LogP contribution in [0.1, 0.15) is 12.8 Å². The van der Waals surface area contributed by atoms with Crippen LogP contribution in [0, 0.1) is 11.8 Å². The van der Waals surface area contributed by atoms with Crippen LogP contribution < -0.4 is 0 Å². The third-order valence-corrected chi connectivity index (χ3v) is 3.34. The van der Waals surface area contributed by atoms with E-state index in [2.05, 4.69) is 11.5 Å². The van der Waals surface area contributed by atoms with Crippen molar-refractivity contribution < 1.29 is 24.5 Å². The van der Waals surface area contributed by atoms with Gasteiger partial charge in [0.15, 0.2) is 0 Å². The van der Waals surface area contributed by atoms with E-state index in [1.54, 1.807) is 0 Å². The van der Waals surface area contributed by atoms with Crippen molar-refractivity contribution in [3.05, 3.63) is 12.7 Å². The fourth-order valence-electron chi connectivity index (χ4n) is 2.56. The number of rotatable bonds is 4. The molecule has 6 heteroatoms. The number of nitrogens with zero attached hydrogens (tertiary/aromatic N) is 1. The number of hydrogen-bond acceptors (Lipinski definition) is 4. The Hall–Kier alpha value is -1.40. The number of ether oxygens (including phenoxy) is 1. The highest BCUT2D eigenvalue weighted by Crippen LogP contribution is 2.43. The minimum atomic E-state index is -1.06. The van der Waals surface area contributed by atoms with E-state index in [0.717, 1.165) is 6.54 Å². The van der Waals surface area contributed by atoms with Gasteiger partial charge in [-0.05, 0) is 26.9 Å². The van der Waals surface area contributed by atoms with E-state index in [4.69, 9.17) is 14.9 Å². The second-order valence-corrected chi connectivity index (χ2v) is 5.07. The molecule has 0 radical (unpaired) electrons. The summed E-state index contributed by atoms with van der Waals surface area (Å²) in [5.41, 5.74) is 0. The first-order chi connectivity index (χ1) is 8.88. The largest absolute Gasteiger partial charge is 0.481 e. The molecule has 19 heavy (non-hydrogen) atoms. The predicted molar refractivity (Wildman–Crippen MR) is 68.9 cm³/mol. The Balaban J connectivity index is 0.000000258. The fourth-order valence-corrected chi connectivity index (χ4v) is 2.56. The molecule has 4 unspecified atom stereocenters. The lowest BCUT2D eigenvalue weighted by Crippen LogP contribution is -2.38. The second-order valence-electron chi connectivity index (χ2n) is 5.07. The van der Waals surface area contributed by atoms with Crippen molar-refractivity contribution in [2.24, 2.45) is 11.8 Å². The van der Waals surface area contributed by atoms with Gasteiger partial charge in [-0.1, -0.05) is 6.08 Å². The van der Waals surface area contributed by atoms with Crippen molar-refractivity contribution in [1.82, 2.24) is 4.90 Å². The summed E-state index contributed by atoms with van der Waals surface area (Å²) in [7, 11) is 4.03. The monoisotopic (exact) mass is 271 g/mol. The molecule has 2 heterocycles. The zero-order valence-corrected chi connectivity index (χ0v) is 11.3. The Morgan fingerprint density at radius 1 is 1.21 bits per heavy atom. The van der Waals surface area contributed by atoms with Crippen LogP contribution in [0.2, 0.25) is 0 Å². The lowest BCUT2D eigenvalue weighted by molar-refractivity contribution is -0.154. The molecule has 0 aliphatic carbocycles. The molecule has 0 spiro atoms. The highest BCUT2D eigenvalue weighted by molar-refractivity contribution is 5.82. The van der Waals surface area contributed by atoms with Gasteiger partial charge in [-0.15, -0.1) is 6.58 Å². The molecule has 2 bridgehead atoms. The number of fused-ring (bicyclic) bond motifs is 2. The molecule has 0 aromatic rings. The third kappa shape index (κ3) is 3.78. The van der Waals surface area contributed by atoms with E-state index in [0.29, 0.717) is 12.8 Å². The van der Waals surface area contributed by atoms with Crippen LogP contribution in [0.3, 0.4) is 0 Å². The van der Waals surface area contributed by atoms with Gasteiger partial charge in [0.05, 0.1) is 24.0 Å². The molecule has 0 amide bonds. The topological polar surface area (TPSA) is 87.1 Å². The Morgan fingerprint density at radius 3 is 1.84 bits per heavy atom. The van der Waals surface area contributed by atoms with Gasteiger partial charge in [-0.25, -0.2) is 0 Å². The third-order valence-electron chi connectivity index (χ3n) is 3.34. The lowest BCUT2D eigenvalue weighted by Gasteiger charge is -2.20. The number of carboxylic acid groups (broad SMARTS) is 2. The predicted octanol–water partition coefficient (Wildman–Crippen LogP) is 0.683. The maximum absolute atomic E-state index is 10.8. The van der Waals surface area contributed by atoms with E-state index in [1.807, 2.05) is 20.2 Å². The summed E-state index contributed by atoms with van der Waals surface area (Å²) in [6.07, 6.45) is 2.45. The van der Waals surface area contributed by atoms with Crippen molar-refractivity contribution in [3.63, 3.8) is 0 Å². The first-order valence-corrected chi connectivity index (χ1v) is 6.25. The van der Waals surface area contributed by atoms with Crippen LogP contribution in [0.4, 0.5) is 0 Å². The summed E-state index contributed by atoms with van der Waals surface area (Å²) in [5, 5.41) is 17.6. The number of hydrogen-bond donors (Lipinski definition) is 2. The molecule has 2 saturated heterocycles. The summed E-state index contributed by atoms with van der Waals surface area (Å²) < 4.78 is 5.26. The fraction of sp³-hybridized carbons (Fsp3) is 0.692. The molecular formula is C13H21NO5. The van der Waals surface area contributed by atoms with Gasteiger partial charge in [-0.3, -0.25) is 9.59 Å². The molecular weight excluding hydrogens is 250 g/mol. The van der Waals surface area contributed by atoms with Crippen LogP contribution in [-0.2, 0) is 14.3 Å². The van der Waals surface area contributed by atoms with Crippen LogP contribution in [0.15, 0.2) is 12.7 Å². The molecule has 0 aromatic carbocycles. The number of aliphatic carboxylic acids is 2. The molecule has 0 aromatic heterocycles. The normalized spacial score (nSPS) is 31.7. The number of likely N-dealkylation sites (N-methyl/N-ethyl adjacent to an activating group) is 1. The molecule has 6 nitrogen and oxygen atoms in total. The molecule has 4 atom stereocenters. The van der Waals surface area contributed by atoms with Crippen molar-refractivity contribution in [2.75, 3.05) is 20.6 Å². The van der Waals surface area contributed by atoms with Gasteiger partial charge in [0.1, 0.15) is 0 Å². The van der Waals surface area contributed by atoms with Crippen molar-refractivity contribution >= 4 is 11.9 Å². The average molecular weight is 271 g/mol. The minimum Gasteiger partial charge on any atom is -0.481 e. The number of carbonyl (C=O) groups is 2. The summed E-state index contributed by atoms with van der Waals surface area (Å²) in [4.78, 5) is 23.6. The van der Waals surface area contributed by atoms with E-state index >= 15 is 0 Å². The Labute approximate surface area is 112 Å². The SMILES string of the molecule is C=CCN(C)C.O=C(O)C1C2CCC(O2)C1C(=O)O. The molecule has 2 N–H and O–H groups in total. The minimum absolute atomic E-state index is 0.386.